The van der Waals surface area contributed by atoms with Gasteiger partial charge < -0.3 is 19.9 Å². The first-order chi connectivity index (χ1) is 15.5. The number of benzene rings is 2. The fourth-order valence-electron chi connectivity index (χ4n) is 4.28. The first-order valence-electron chi connectivity index (χ1n) is 11.3. The molecular weight excluding hydrogens is 402 g/mol. The van der Waals surface area contributed by atoms with Gasteiger partial charge >= 0.3 is 0 Å². The van der Waals surface area contributed by atoms with Gasteiger partial charge in [0.15, 0.2) is 0 Å². The number of nitrogens with zero attached hydrogens (tertiary/aromatic N) is 1. The highest BCUT2D eigenvalue weighted by molar-refractivity contribution is 5.95. The lowest BCUT2D eigenvalue weighted by molar-refractivity contribution is -0.136. The number of para-hydroxylation sites is 1. The molecule has 32 heavy (non-hydrogen) atoms. The van der Waals surface area contributed by atoms with E-state index in [-0.39, 0.29) is 24.5 Å². The Kier molecular flexibility index (Phi) is 6.90. The minimum atomic E-state index is -0.183. The third-order valence-corrected chi connectivity index (χ3v) is 6.30. The molecule has 2 N–H and O–H groups in total. The van der Waals surface area contributed by atoms with Crippen LogP contribution in [-0.4, -0.2) is 47.5 Å². The summed E-state index contributed by atoms with van der Waals surface area (Å²) in [5, 5.41) is 4.11. The second kappa shape index (κ2) is 10.0. The predicted octanol–water partition coefficient (Wildman–Crippen LogP) is 4.36. The van der Waals surface area contributed by atoms with Crippen molar-refractivity contribution in [3.05, 3.63) is 65.4 Å². The number of aromatic nitrogens is 1. The van der Waals surface area contributed by atoms with Crippen molar-refractivity contribution in [2.75, 3.05) is 25.0 Å². The average Bonchev–Trinajstić information content (AvgIpc) is 3.44. The summed E-state index contributed by atoms with van der Waals surface area (Å²) in [6, 6.07) is 13.9. The molecule has 4 rings (SSSR count). The Morgan fingerprint density at radius 1 is 1.16 bits per heavy atom. The van der Waals surface area contributed by atoms with E-state index in [1.807, 2.05) is 56.4 Å². The molecule has 0 spiro atoms. The zero-order valence-corrected chi connectivity index (χ0v) is 18.8. The van der Waals surface area contributed by atoms with Crippen LogP contribution in [0.15, 0.2) is 48.7 Å². The fraction of sp³-hybridized carbons (Fsp3) is 0.385. The van der Waals surface area contributed by atoms with Crippen LogP contribution in [0.3, 0.4) is 0 Å². The molecular formula is C26H31N3O3. The third-order valence-electron chi connectivity index (χ3n) is 6.30. The highest BCUT2D eigenvalue weighted by Gasteiger charge is 2.24. The maximum Gasteiger partial charge on any atom is 0.244 e. The standard InChI is InChI=1S/C26H31N3O3/c1-18-7-5-11-23(19(18)2)28-25(30)17-29(16-21-8-6-14-32-21)26(31)13-12-20-15-27-24-10-4-3-9-22(20)24/h3-5,7,9-11,15,21,27H,6,8,12-14,16-17H2,1-2H3,(H,28,30)/t21-/m0/s1. The summed E-state index contributed by atoms with van der Waals surface area (Å²) in [4.78, 5) is 30.9. The minimum absolute atomic E-state index is 0.000504. The van der Waals surface area contributed by atoms with Crippen molar-refractivity contribution in [3.8, 4) is 0 Å². The van der Waals surface area contributed by atoms with Crippen molar-refractivity contribution in [2.45, 2.75) is 45.6 Å². The van der Waals surface area contributed by atoms with Crippen LogP contribution in [0.25, 0.3) is 10.9 Å². The van der Waals surface area contributed by atoms with Crippen LogP contribution in [-0.2, 0) is 20.7 Å². The number of H-pyrrole nitrogens is 1. The highest BCUT2D eigenvalue weighted by Crippen LogP contribution is 2.21. The van der Waals surface area contributed by atoms with E-state index in [0.29, 0.717) is 19.4 Å². The molecule has 0 unspecified atom stereocenters. The van der Waals surface area contributed by atoms with E-state index in [0.717, 1.165) is 52.7 Å². The fourth-order valence-corrected chi connectivity index (χ4v) is 4.28. The number of rotatable bonds is 8. The Labute approximate surface area is 188 Å². The molecule has 6 heteroatoms. The number of aryl methyl sites for hydroxylation is 2. The number of anilines is 1. The van der Waals surface area contributed by atoms with Gasteiger partial charge in [-0.1, -0.05) is 30.3 Å². The molecule has 168 valence electrons. The predicted molar refractivity (Wildman–Crippen MR) is 127 cm³/mol. The van der Waals surface area contributed by atoms with Crippen molar-refractivity contribution >= 4 is 28.4 Å². The van der Waals surface area contributed by atoms with Gasteiger partial charge in [-0.2, -0.15) is 0 Å². The lowest BCUT2D eigenvalue weighted by Gasteiger charge is -2.25. The lowest BCUT2D eigenvalue weighted by Crippen LogP contribution is -2.42. The second-order valence-electron chi connectivity index (χ2n) is 8.56. The molecule has 1 aliphatic heterocycles. The number of nitrogens with one attached hydrogen (secondary N) is 2. The SMILES string of the molecule is Cc1cccc(NC(=O)CN(C[C@@H]2CCCO2)C(=O)CCc2c[nH]c3ccccc23)c1C. The monoisotopic (exact) mass is 433 g/mol. The summed E-state index contributed by atoms with van der Waals surface area (Å²) >= 11 is 0. The first-order valence-corrected chi connectivity index (χ1v) is 11.3. The van der Waals surface area contributed by atoms with Crippen LogP contribution in [0.2, 0.25) is 0 Å². The molecule has 1 aliphatic rings. The lowest BCUT2D eigenvalue weighted by atomic mass is 10.1. The maximum absolute atomic E-state index is 13.2. The maximum atomic E-state index is 13.2. The summed E-state index contributed by atoms with van der Waals surface area (Å²) in [6.45, 7) is 5.20. The zero-order chi connectivity index (χ0) is 22.5. The molecule has 0 bridgehead atoms. The first kappa shape index (κ1) is 22.1. The van der Waals surface area contributed by atoms with Gasteiger partial charge in [0.05, 0.1) is 12.6 Å². The summed E-state index contributed by atoms with van der Waals surface area (Å²) in [5.74, 6) is -0.209. The normalized spacial score (nSPS) is 15.8. The quantitative estimate of drug-likeness (QED) is 0.554. The molecule has 6 nitrogen and oxygen atoms in total. The number of carbonyl (C=O) groups is 2. The van der Waals surface area contributed by atoms with Gasteiger partial charge in [0.2, 0.25) is 11.8 Å². The number of ether oxygens (including phenoxy) is 1. The molecule has 1 atom stereocenters. The van der Waals surface area contributed by atoms with Crippen molar-refractivity contribution in [3.63, 3.8) is 0 Å². The molecule has 2 aromatic carbocycles. The molecule has 0 saturated carbocycles. The van der Waals surface area contributed by atoms with E-state index < -0.39 is 0 Å². The molecule has 0 aliphatic carbocycles. The van der Waals surface area contributed by atoms with Crippen LogP contribution in [0, 0.1) is 13.8 Å². The van der Waals surface area contributed by atoms with E-state index in [1.54, 1.807) is 4.90 Å². The second-order valence-corrected chi connectivity index (χ2v) is 8.56. The van der Waals surface area contributed by atoms with Crippen molar-refractivity contribution in [1.82, 2.24) is 9.88 Å². The van der Waals surface area contributed by atoms with Crippen LogP contribution >= 0.6 is 0 Å². The zero-order valence-electron chi connectivity index (χ0n) is 18.8. The number of fused-ring (bicyclic) bond motifs is 1. The van der Waals surface area contributed by atoms with E-state index in [9.17, 15) is 9.59 Å². The third kappa shape index (κ3) is 5.19. The summed E-state index contributed by atoms with van der Waals surface area (Å²) in [5.41, 5.74) is 5.13. The molecule has 1 aromatic heterocycles. The molecule has 0 radical (unpaired) electrons. The Bertz CT molecular complexity index is 1100. The van der Waals surface area contributed by atoms with Crippen LogP contribution in [0.4, 0.5) is 5.69 Å². The van der Waals surface area contributed by atoms with Crippen LogP contribution < -0.4 is 5.32 Å². The van der Waals surface area contributed by atoms with Crippen molar-refractivity contribution < 1.29 is 14.3 Å². The number of carbonyl (C=O) groups excluding carboxylic acids is 2. The summed E-state index contributed by atoms with van der Waals surface area (Å²) < 4.78 is 5.75. The minimum Gasteiger partial charge on any atom is -0.376 e. The average molecular weight is 434 g/mol. The van der Waals surface area contributed by atoms with Gasteiger partial charge in [0, 0.05) is 42.4 Å². The number of aromatic amines is 1. The van der Waals surface area contributed by atoms with Gasteiger partial charge in [-0.25, -0.2) is 0 Å². The van der Waals surface area contributed by atoms with E-state index in [2.05, 4.69) is 16.4 Å². The largest absolute Gasteiger partial charge is 0.376 e. The van der Waals surface area contributed by atoms with Gasteiger partial charge in [-0.05, 0) is 61.9 Å². The van der Waals surface area contributed by atoms with Gasteiger partial charge in [0.25, 0.3) is 0 Å². The number of hydrogen-bond donors (Lipinski definition) is 2. The molecule has 3 aromatic rings. The summed E-state index contributed by atoms with van der Waals surface area (Å²) in [7, 11) is 0. The topological polar surface area (TPSA) is 74.4 Å². The van der Waals surface area contributed by atoms with E-state index in [4.69, 9.17) is 4.74 Å². The van der Waals surface area contributed by atoms with Crippen molar-refractivity contribution in [2.24, 2.45) is 0 Å². The molecule has 1 fully saturated rings. The highest BCUT2D eigenvalue weighted by atomic mass is 16.5. The van der Waals surface area contributed by atoms with Gasteiger partial charge in [-0.3, -0.25) is 9.59 Å². The van der Waals surface area contributed by atoms with Crippen LogP contribution in [0.5, 0.6) is 0 Å². The Hall–Kier alpha value is -3.12. The van der Waals surface area contributed by atoms with Crippen molar-refractivity contribution in [1.29, 1.82) is 0 Å². The smallest absolute Gasteiger partial charge is 0.244 e. The van der Waals surface area contributed by atoms with Gasteiger partial charge in [0.1, 0.15) is 0 Å². The summed E-state index contributed by atoms with van der Waals surface area (Å²) in [6.07, 6.45) is 4.87. The Morgan fingerprint density at radius 2 is 2.00 bits per heavy atom. The Morgan fingerprint density at radius 3 is 2.81 bits per heavy atom. The molecule has 2 amide bonds. The van der Waals surface area contributed by atoms with E-state index >= 15 is 0 Å². The Balaban J connectivity index is 1.42. The molecule has 1 saturated heterocycles. The van der Waals surface area contributed by atoms with Gasteiger partial charge in [-0.15, -0.1) is 0 Å². The molecule has 2 heterocycles. The number of amides is 2. The van der Waals surface area contributed by atoms with E-state index in [1.165, 1.54) is 0 Å². The van der Waals surface area contributed by atoms with Crippen LogP contribution in [0.1, 0.15) is 36.0 Å². The number of hydrogen-bond acceptors (Lipinski definition) is 3.